The van der Waals surface area contributed by atoms with E-state index in [2.05, 4.69) is 59.6 Å². The van der Waals surface area contributed by atoms with E-state index in [0.717, 1.165) is 62.8 Å². The fourth-order valence-corrected chi connectivity index (χ4v) is 4.07. The Morgan fingerprint density at radius 2 is 2.07 bits per heavy atom. The predicted octanol–water partition coefficient (Wildman–Crippen LogP) is 3.01. The van der Waals surface area contributed by atoms with Gasteiger partial charge in [-0.15, -0.1) is 0 Å². The molecule has 5 heteroatoms. The molecular weight excluding hydrogens is 352 g/mol. The molecule has 2 heterocycles. The smallest absolute Gasteiger partial charge is 0.123 e. The third-order valence-electron chi connectivity index (χ3n) is 5.46. The van der Waals surface area contributed by atoms with Gasteiger partial charge in [-0.05, 0) is 24.6 Å². The van der Waals surface area contributed by atoms with Gasteiger partial charge in [-0.1, -0.05) is 30.3 Å². The molecule has 2 aromatic carbocycles. The topological polar surface area (TPSA) is 43.0 Å². The van der Waals surface area contributed by atoms with Crippen LogP contribution in [0.5, 0.6) is 11.5 Å². The Balaban J connectivity index is 1.30. The Labute approximate surface area is 167 Å². The molecule has 1 fully saturated rings. The van der Waals surface area contributed by atoms with E-state index in [1.807, 2.05) is 0 Å². The van der Waals surface area contributed by atoms with Crippen LogP contribution in [0.4, 0.5) is 0 Å². The molecule has 0 radical (unpaired) electrons. The molecule has 4 rings (SSSR count). The van der Waals surface area contributed by atoms with Gasteiger partial charge >= 0.3 is 0 Å². The Morgan fingerprint density at radius 1 is 1.21 bits per heavy atom. The van der Waals surface area contributed by atoms with E-state index in [1.165, 1.54) is 11.1 Å². The van der Waals surface area contributed by atoms with Crippen LogP contribution in [0.15, 0.2) is 42.5 Å². The SMILES string of the molecule is COc1cc2c(cc1CNC[C@@H]1CN(Cc3ccccc3)CCO1)O[C@@H](C)C2. The summed E-state index contributed by atoms with van der Waals surface area (Å²) in [5.41, 5.74) is 3.72. The lowest BCUT2D eigenvalue weighted by Crippen LogP contribution is -2.46. The van der Waals surface area contributed by atoms with E-state index in [4.69, 9.17) is 14.2 Å². The number of hydrogen-bond acceptors (Lipinski definition) is 5. The van der Waals surface area contributed by atoms with E-state index in [0.29, 0.717) is 0 Å². The van der Waals surface area contributed by atoms with Gasteiger partial charge in [-0.3, -0.25) is 4.90 Å². The van der Waals surface area contributed by atoms with Crippen LogP contribution >= 0.6 is 0 Å². The molecule has 150 valence electrons. The lowest BCUT2D eigenvalue weighted by molar-refractivity contribution is -0.0300. The molecule has 2 aliphatic heterocycles. The van der Waals surface area contributed by atoms with Crippen LogP contribution in [0.2, 0.25) is 0 Å². The minimum Gasteiger partial charge on any atom is -0.496 e. The summed E-state index contributed by atoms with van der Waals surface area (Å²) in [7, 11) is 1.73. The van der Waals surface area contributed by atoms with E-state index in [1.54, 1.807) is 7.11 Å². The molecule has 5 nitrogen and oxygen atoms in total. The Bertz CT molecular complexity index is 781. The number of fused-ring (bicyclic) bond motifs is 1. The van der Waals surface area contributed by atoms with Crippen molar-refractivity contribution in [2.45, 2.75) is 38.6 Å². The zero-order valence-corrected chi connectivity index (χ0v) is 16.8. The molecule has 0 spiro atoms. The van der Waals surface area contributed by atoms with Crippen molar-refractivity contribution in [1.82, 2.24) is 10.2 Å². The number of morpholine rings is 1. The summed E-state index contributed by atoms with van der Waals surface area (Å²) >= 11 is 0. The number of nitrogens with one attached hydrogen (secondary N) is 1. The average Bonchev–Trinajstić information content (AvgIpc) is 3.07. The number of ether oxygens (including phenoxy) is 3. The van der Waals surface area contributed by atoms with Crippen LogP contribution in [-0.4, -0.2) is 50.5 Å². The minimum absolute atomic E-state index is 0.203. The zero-order valence-electron chi connectivity index (χ0n) is 16.8. The standard InChI is InChI=1S/C23H30N2O3/c1-17-10-19-11-22(26-2)20(12-23(19)28-17)13-24-14-21-16-25(8-9-27-21)15-18-6-4-3-5-7-18/h3-7,11-12,17,21,24H,8-10,13-16H2,1-2H3/t17-,21+/m0/s1. The summed E-state index contributed by atoms with van der Waals surface area (Å²) < 4.78 is 17.5. The molecule has 1 N–H and O–H groups in total. The van der Waals surface area contributed by atoms with Crippen LogP contribution in [0.1, 0.15) is 23.6 Å². The summed E-state index contributed by atoms with van der Waals surface area (Å²) in [6, 6.07) is 14.9. The van der Waals surface area contributed by atoms with E-state index in [-0.39, 0.29) is 12.2 Å². The normalized spacial score (nSPS) is 21.9. The molecule has 2 aliphatic rings. The second kappa shape index (κ2) is 8.95. The van der Waals surface area contributed by atoms with Crippen molar-refractivity contribution in [3.05, 3.63) is 59.2 Å². The van der Waals surface area contributed by atoms with Crippen molar-refractivity contribution in [1.29, 1.82) is 0 Å². The molecule has 0 bridgehead atoms. The van der Waals surface area contributed by atoms with Crippen LogP contribution in [-0.2, 0) is 24.2 Å². The molecule has 0 aromatic heterocycles. The molecule has 0 saturated carbocycles. The molecule has 28 heavy (non-hydrogen) atoms. The fraction of sp³-hybridized carbons (Fsp3) is 0.478. The molecule has 0 amide bonds. The van der Waals surface area contributed by atoms with Gasteiger partial charge in [-0.25, -0.2) is 0 Å². The molecule has 2 atom stereocenters. The van der Waals surface area contributed by atoms with Gasteiger partial charge in [0.2, 0.25) is 0 Å². The van der Waals surface area contributed by atoms with Gasteiger partial charge in [0.25, 0.3) is 0 Å². The largest absolute Gasteiger partial charge is 0.496 e. The van der Waals surface area contributed by atoms with Gasteiger partial charge < -0.3 is 19.5 Å². The summed E-state index contributed by atoms with van der Waals surface area (Å²) in [5.74, 6) is 1.92. The Morgan fingerprint density at radius 3 is 2.89 bits per heavy atom. The van der Waals surface area contributed by atoms with E-state index in [9.17, 15) is 0 Å². The quantitative estimate of drug-likeness (QED) is 0.797. The predicted molar refractivity (Wildman–Crippen MR) is 110 cm³/mol. The van der Waals surface area contributed by atoms with Gasteiger partial charge in [0.1, 0.15) is 17.6 Å². The van der Waals surface area contributed by atoms with Gasteiger partial charge in [0.05, 0.1) is 19.8 Å². The van der Waals surface area contributed by atoms with Crippen molar-refractivity contribution in [2.75, 3.05) is 33.4 Å². The number of methoxy groups -OCH3 is 1. The average molecular weight is 383 g/mol. The molecule has 0 aliphatic carbocycles. The summed E-state index contributed by atoms with van der Waals surface area (Å²) in [5, 5.41) is 3.55. The van der Waals surface area contributed by atoms with Crippen LogP contribution in [0.25, 0.3) is 0 Å². The first-order valence-electron chi connectivity index (χ1n) is 10.2. The zero-order chi connectivity index (χ0) is 19.3. The third kappa shape index (κ3) is 4.66. The van der Waals surface area contributed by atoms with E-state index < -0.39 is 0 Å². The molecule has 0 unspecified atom stereocenters. The van der Waals surface area contributed by atoms with Crippen LogP contribution in [0.3, 0.4) is 0 Å². The van der Waals surface area contributed by atoms with Gasteiger partial charge in [-0.2, -0.15) is 0 Å². The van der Waals surface area contributed by atoms with Crippen molar-refractivity contribution in [3.8, 4) is 11.5 Å². The highest BCUT2D eigenvalue weighted by Gasteiger charge is 2.23. The number of benzene rings is 2. The van der Waals surface area contributed by atoms with E-state index >= 15 is 0 Å². The maximum Gasteiger partial charge on any atom is 0.123 e. The second-order valence-corrected chi connectivity index (χ2v) is 7.75. The van der Waals surface area contributed by atoms with Crippen molar-refractivity contribution in [2.24, 2.45) is 0 Å². The third-order valence-corrected chi connectivity index (χ3v) is 5.46. The van der Waals surface area contributed by atoms with Gasteiger partial charge in [0, 0.05) is 50.3 Å². The Kier molecular flexibility index (Phi) is 6.15. The monoisotopic (exact) mass is 382 g/mol. The molecule has 1 saturated heterocycles. The number of rotatable bonds is 7. The fourth-order valence-electron chi connectivity index (χ4n) is 4.07. The van der Waals surface area contributed by atoms with Crippen molar-refractivity contribution >= 4 is 0 Å². The summed E-state index contributed by atoms with van der Waals surface area (Å²) in [4.78, 5) is 2.47. The van der Waals surface area contributed by atoms with Crippen LogP contribution in [0, 0.1) is 0 Å². The summed E-state index contributed by atoms with van der Waals surface area (Å²) in [6.07, 6.45) is 1.40. The van der Waals surface area contributed by atoms with Crippen LogP contribution < -0.4 is 14.8 Å². The molecule has 2 aromatic rings. The molecular formula is C23H30N2O3. The maximum atomic E-state index is 5.97. The maximum absolute atomic E-state index is 5.97. The highest BCUT2D eigenvalue weighted by molar-refractivity contribution is 5.48. The minimum atomic E-state index is 0.203. The lowest BCUT2D eigenvalue weighted by atomic mass is 10.1. The Hall–Kier alpha value is -2.08. The highest BCUT2D eigenvalue weighted by Crippen LogP contribution is 2.34. The number of nitrogens with zero attached hydrogens (tertiary/aromatic N) is 1. The second-order valence-electron chi connectivity index (χ2n) is 7.75. The lowest BCUT2D eigenvalue weighted by Gasteiger charge is -2.33. The summed E-state index contributed by atoms with van der Waals surface area (Å²) in [6.45, 7) is 7.37. The first-order chi connectivity index (χ1) is 13.7. The first kappa shape index (κ1) is 19.2. The van der Waals surface area contributed by atoms with Crippen molar-refractivity contribution in [3.63, 3.8) is 0 Å². The van der Waals surface area contributed by atoms with Gasteiger partial charge in [0.15, 0.2) is 0 Å². The highest BCUT2D eigenvalue weighted by atomic mass is 16.5. The first-order valence-corrected chi connectivity index (χ1v) is 10.2. The number of hydrogen-bond donors (Lipinski definition) is 1. The van der Waals surface area contributed by atoms with Crippen molar-refractivity contribution < 1.29 is 14.2 Å².